The van der Waals surface area contributed by atoms with Gasteiger partial charge in [-0.2, -0.15) is 0 Å². The van der Waals surface area contributed by atoms with Gasteiger partial charge >= 0.3 is 0 Å². The summed E-state index contributed by atoms with van der Waals surface area (Å²) in [5.74, 6) is 0.774. The van der Waals surface area contributed by atoms with E-state index in [-0.39, 0.29) is 5.78 Å². The molecule has 19 heavy (non-hydrogen) atoms. The zero-order chi connectivity index (χ0) is 13.4. The largest absolute Gasteiger partial charge is 0.294 e. The van der Waals surface area contributed by atoms with E-state index >= 15 is 0 Å². The Labute approximate surface area is 124 Å². The van der Waals surface area contributed by atoms with Crippen LogP contribution in [0.1, 0.15) is 28.9 Å². The fraction of sp³-hybridized carbons (Fsp3) is 0.214. The van der Waals surface area contributed by atoms with Gasteiger partial charge in [-0.1, -0.05) is 11.6 Å². The van der Waals surface area contributed by atoms with Gasteiger partial charge in [0, 0.05) is 22.7 Å². The Morgan fingerprint density at radius 1 is 1.26 bits per heavy atom. The summed E-state index contributed by atoms with van der Waals surface area (Å²) in [6.07, 6.45) is 3.95. The molecule has 2 aromatic rings. The Kier molecular flexibility index (Phi) is 3.37. The number of aromatic nitrogens is 2. The summed E-state index contributed by atoms with van der Waals surface area (Å²) in [5.41, 5.74) is 2.41. The second kappa shape index (κ2) is 5.02. The van der Waals surface area contributed by atoms with E-state index < -0.39 is 0 Å². The first-order chi connectivity index (χ1) is 9.15. The molecule has 1 heterocycles. The third kappa shape index (κ3) is 2.42. The molecule has 3 rings (SSSR count). The smallest absolute Gasteiger partial charge is 0.166 e. The Balaban J connectivity index is 2.06. The van der Waals surface area contributed by atoms with Gasteiger partial charge in [0.2, 0.25) is 0 Å². The van der Waals surface area contributed by atoms with E-state index in [1.807, 2.05) is 12.1 Å². The van der Waals surface area contributed by atoms with Crippen LogP contribution in [0, 0.1) is 0 Å². The molecule has 0 unspecified atom stereocenters. The standard InChI is InChI=1S/C14H10BrClN2O/c15-10-6-8(4-5-11(10)16)14-17-7-9-12(18-14)2-1-3-13(9)19/h4-7H,1-3H2. The van der Waals surface area contributed by atoms with Gasteiger partial charge in [-0.3, -0.25) is 4.79 Å². The number of carbonyl (C=O) groups excluding carboxylic acids is 1. The van der Waals surface area contributed by atoms with Gasteiger partial charge in [-0.05, 0) is 47.0 Å². The van der Waals surface area contributed by atoms with E-state index in [9.17, 15) is 4.79 Å². The molecule has 0 amide bonds. The van der Waals surface area contributed by atoms with Crippen LogP contribution in [0.4, 0.5) is 0 Å². The zero-order valence-corrected chi connectivity index (χ0v) is 12.3. The van der Waals surface area contributed by atoms with Crippen LogP contribution in [0.3, 0.4) is 0 Å². The van der Waals surface area contributed by atoms with Gasteiger partial charge in [-0.15, -0.1) is 0 Å². The molecule has 1 aromatic heterocycles. The van der Waals surface area contributed by atoms with E-state index in [1.165, 1.54) is 0 Å². The lowest BCUT2D eigenvalue weighted by atomic mass is 9.96. The fourth-order valence-corrected chi connectivity index (χ4v) is 2.66. The molecule has 1 aliphatic carbocycles. The highest BCUT2D eigenvalue weighted by Crippen LogP contribution is 2.28. The van der Waals surface area contributed by atoms with E-state index in [0.717, 1.165) is 28.6 Å². The van der Waals surface area contributed by atoms with Crippen LogP contribution < -0.4 is 0 Å². The maximum absolute atomic E-state index is 11.7. The number of Topliss-reactive ketones (excluding diaryl/α,β-unsaturated/α-hetero) is 1. The van der Waals surface area contributed by atoms with Crippen LogP contribution >= 0.6 is 27.5 Å². The molecule has 5 heteroatoms. The summed E-state index contributed by atoms with van der Waals surface area (Å²) in [4.78, 5) is 20.5. The van der Waals surface area contributed by atoms with E-state index in [4.69, 9.17) is 11.6 Å². The van der Waals surface area contributed by atoms with Gasteiger partial charge in [0.15, 0.2) is 11.6 Å². The lowest BCUT2D eigenvalue weighted by molar-refractivity contribution is 0.0971. The number of aryl methyl sites for hydroxylation is 1. The van der Waals surface area contributed by atoms with Crippen molar-refractivity contribution in [3.63, 3.8) is 0 Å². The van der Waals surface area contributed by atoms with Crippen LogP contribution in [0.15, 0.2) is 28.9 Å². The molecule has 0 N–H and O–H groups in total. The molecular formula is C14H10BrClN2O. The van der Waals surface area contributed by atoms with E-state index in [0.29, 0.717) is 22.8 Å². The van der Waals surface area contributed by atoms with Crippen LogP contribution in [-0.4, -0.2) is 15.8 Å². The molecule has 1 aromatic carbocycles. The molecule has 3 nitrogen and oxygen atoms in total. The van der Waals surface area contributed by atoms with Gasteiger partial charge in [-0.25, -0.2) is 9.97 Å². The third-order valence-corrected chi connectivity index (χ3v) is 4.38. The summed E-state index contributed by atoms with van der Waals surface area (Å²) in [5, 5.41) is 0.650. The molecule has 96 valence electrons. The van der Waals surface area contributed by atoms with E-state index in [1.54, 1.807) is 12.3 Å². The molecule has 0 saturated heterocycles. The number of benzene rings is 1. The lowest BCUT2D eigenvalue weighted by Gasteiger charge is -2.14. The average molecular weight is 338 g/mol. The van der Waals surface area contributed by atoms with Crippen molar-refractivity contribution in [1.82, 2.24) is 9.97 Å². The first kappa shape index (κ1) is 12.8. The predicted molar refractivity (Wildman–Crippen MR) is 77.4 cm³/mol. The van der Waals surface area contributed by atoms with Crippen molar-refractivity contribution in [2.45, 2.75) is 19.3 Å². The van der Waals surface area contributed by atoms with Gasteiger partial charge in [0.25, 0.3) is 0 Å². The molecule has 0 fully saturated rings. The third-order valence-electron chi connectivity index (χ3n) is 3.16. The SMILES string of the molecule is O=C1CCCc2nc(-c3ccc(Cl)c(Br)c3)ncc21. The molecule has 1 aliphatic rings. The van der Waals surface area contributed by atoms with Gasteiger partial charge in [0.1, 0.15) is 0 Å². The summed E-state index contributed by atoms with van der Waals surface area (Å²) in [6.45, 7) is 0. The first-order valence-corrected chi connectivity index (χ1v) is 7.17. The quantitative estimate of drug-likeness (QED) is 0.787. The van der Waals surface area contributed by atoms with Crippen LogP contribution in [0.25, 0.3) is 11.4 Å². The van der Waals surface area contributed by atoms with Gasteiger partial charge in [0.05, 0.1) is 16.3 Å². The lowest BCUT2D eigenvalue weighted by Crippen LogP contribution is -2.13. The number of fused-ring (bicyclic) bond motifs is 1. The topological polar surface area (TPSA) is 42.9 Å². The fourth-order valence-electron chi connectivity index (χ4n) is 2.17. The minimum Gasteiger partial charge on any atom is -0.294 e. The van der Waals surface area contributed by atoms with Crippen LogP contribution in [-0.2, 0) is 6.42 Å². The Morgan fingerprint density at radius 2 is 2.11 bits per heavy atom. The average Bonchev–Trinajstić information content (AvgIpc) is 2.42. The normalized spacial score (nSPS) is 14.3. The maximum Gasteiger partial charge on any atom is 0.166 e. The second-order valence-corrected chi connectivity index (χ2v) is 5.72. The van der Waals surface area contributed by atoms with Crippen molar-refractivity contribution >= 4 is 33.3 Å². The Morgan fingerprint density at radius 3 is 2.89 bits per heavy atom. The number of rotatable bonds is 1. The highest BCUT2D eigenvalue weighted by Gasteiger charge is 2.19. The van der Waals surface area contributed by atoms with Crippen LogP contribution in [0.2, 0.25) is 5.02 Å². The Hall–Kier alpha value is -1.26. The molecule has 0 bridgehead atoms. The molecule has 0 spiro atoms. The maximum atomic E-state index is 11.7. The molecule has 0 radical (unpaired) electrons. The van der Waals surface area contributed by atoms with Gasteiger partial charge < -0.3 is 0 Å². The highest BCUT2D eigenvalue weighted by atomic mass is 79.9. The highest BCUT2D eigenvalue weighted by molar-refractivity contribution is 9.10. The molecular weight excluding hydrogens is 328 g/mol. The number of ketones is 1. The predicted octanol–water partition coefficient (Wildman–Crippen LogP) is 4.08. The minimum absolute atomic E-state index is 0.144. The van der Waals surface area contributed by atoms with Crippen molar-refractivity contribution in [3.05, 3.63) is 45.1 Å². The van der Waals surface area contributed by atoms with Crippen molar-refractivity contribution in [2.75, 3.05) is 0 Å². The summed E-state index contributed by atoms with van der Waals surface area (Å²) in [6, 6.07) is 5.56. The summed E-state index contributed by atoms with van der Waals surface area (Å²) < 4.78 is 0.809. The van der Waals surface area contributed by atoms with Crippen molar-refractivity contribution in [3.8, 4) is 11.4 Å². The molecule has 0 aliphatic heterocycles. The number of nitrogens with zero attached hydrogens (tertiary/aromatic N) is 2. The zero-order valence-electron chi connectivity index (χ0n) is 9.99. The summed E-state index contributed by atoms with van der Waals surface area (Å²) >= 11 is 9.36. The minimum atomic E-state index is 0.144. The van der Waals surface area contributed by atoms with Crippen molar-refractivity contribution in [1.29, 1.82) is 0 Å². The molecule has 0 atom stereocenters. The van der Waals surface area contributed by atoms with Crippen molar-refractivity contribution < 1.29 is 4.79 Å². The molecule has 0 saturated carbocycles. The number of hydrogen-bond acceptors (Lipinski definition) is 3. The summed E-state index contributed by atoms with van der Waals surface area (Å²) in [7, 11) is 0. The first-order valence-electron chi connectivity index (χ1n) is 5.99. The van der Waals surface area contributed by atoms with Crippen LogP contribution in [0.5, 0.6) is 0 Å². The number of hydrogen-bond donors (Lipinski definition) is 0. The number of carbonyl (C=O) groups is 1. The second-order valence-electron chi connectivity index (χ2n) is 4.46. The Bertz CT molecular complexity index is 672. The van der Waals surface area contributed by atoms with E-state index in [2.05, 4.69) is 25.9 Å². The number of halogens is 2. The monoisotopic (exact) mass is 336 g/mol. The van der Waals surface area contributed by atoms with Crippen molar-refractivity contribution in [2.24, 2.45) is 0 Å².